The van der Waals surface area contributed by atoms with Crippen LogP contribution in [0.5, 0.6) is 5.75 Å². The van der Waals surface area contributed by atoms with E-state index in [1.54, 1.807) is 54.9 Å². The molecule has 3 heterocycles. The standard InChI is InChI=1S/C26H21N3O5.ClH/c30-24-20(15-28-24)22(25(31)34-19-11-5-2-6-12-19)23(18-10-7-13-27-14-18)29-21(16-33-26(29)32)17-8-3-1-4-9-17;/h1-14,20-21H,15-16H2,(H,28,30);1H/t20-,21-;/m1./s1. The lowest BCUT2D eigenvalue weighted by atomic mass is 9.88. The van der Waals surface area contributed by atoms with Crippen molar-refractivity contribution in [2.75, 3.05) is 13.2 Å². The molecule has 35 heavy (non-hydrogen) atoms. The van der Waals surface area contributed by atoms with E-state index in [0.717, 1.165) is 5.56 Å². The first kappa shape index (κ1) is 24.0. The molecule has 2 fully saturated rings. The van der Waals surface area contributed by atoms with Crippen molar-refractivity contribution in [1.82, 2.24) is 15.2 Å². The van der Waals surface area contributed by atoms with Gasteiger partial charge in [-0.2, -0.15) is 0 Å². The summed E-state index contributed by atoms with van der Waals surface area (Å²) >= 11 is 0. The van der Waals surface area contributed by atoms with Gasteiger partial charge in [-0.15, -0.1) is 12.4 Å². The second-order valence-electron chi connectivity index (χ2n) is 7.88. The van der Waals surface area contributed by atoms with Gasteiger partial charge in [0.2, 0.25) is 5.91 Å². The zero-order valence-electron chi connectivity index (χ0n) is 18.5. The number of nitrogens with zero attached hydrogens (tertiary/aromatic N) is 2. The normalized spacial score (nSPS) is 19.5. The molecule has 0 bridgehead atoms. The van der Waals surface area contributed by atoms with Crippen molar-refractivity contribution in [3.63, 3.8) is 0 Å². The summed E-state index contributed by atoms with van der Waals surface area (Å²) in [5.74, 6) is -1.48. The largest absolute Gasteiger partial charge is 0.447 e. The number of β-lactam (4-membered cyclic amide) rings is 1. The van der Waals surface area contributed by atoms with Gasteiger partial charge in [0.15, 0.2) is 0 Å². The average Bonchev–Trinajstić information content (AvgIpc) is 3.25. The molecule has 2 aliphatic rings. The maximum Gasteiger partial charge on any atom is 0.415 e. The highest BCUT2D eigenvalue weighted by atomic mass is 35.5. The summed E-state index contributed by atoms with van der Waals surface area (Å²) < 4.78 is 11.1. The number of benzene rings is 2. The number of carbonyl (C=O) groups excluding carboxylic acids is 3. The lowest BCUT2D eigenvalue weighted by Gasteiger charge is -2.33. The van der Waals surface area contributed by atoms with Gasteiger partial charge in [0, 0.05) is 24.5 Å². The number of cyclic esters (lactones) is 1. The monoisotopic (exact) mass is 491 g/mol. The molecule has 5 rings (SSSR count). The first-order chi connectivity index (χ1) is 16.6. The maximum absolute atomic E-state index is 13.6. The Kier molecular flexibility index (Phi) is 7.12. The highest BCUT2D eigenvalue weighted by Crippen LogP contribution is 2.39. The van der Waals surface area contributed by atoms with E-state index in [2.05, 4.69) is 10.3 Å². The molecule has 0 radical (unpaired) electrons. The van der Waals surface area contributed by atoms with Crippen LogP contribution in [0.15, 0.2) is 90.8 Å². The van der Waals surface area contributed by atoms with Crippen molar-refractivity contribution in [1.29, 1.82) is 0 Å². The Morgan fingerprint density at radius 2 is 1.71 bits per heavy atom. The molecule has 0 spiro atoms. The van der Waals surface area contributed by atoms with Crippen LogP contribution >= 0.6 is 12.4 Å². The molecule has 3 aromatic rings. The molecule has 178 valence electrons. The van der Waals surface area contributed by atoms with Crippen molar-refractivity contribution >= 4 is 36.1 Å². The molecule has 1 N–H and O–H groups in total. The summed E-state index contributed by atoms with van der Waals surface area (Å²) in [7, 11) is 0. The second kappa shape index (κ2) is 10.4. The van der Waals surface area contributed by atoms with Gasteiger partial charge in [-0.1, -0.05) is 48.5 Å². The number of hydrogen-bond acceptors (Lipinski definition) is 6. The Balaban J connectivity index is 0.00000289. The van der Waals surface area contributed by atoms with Gasteiger partial charge in [0.05, 0.1) is 23.2 Å². The SMILES string of the molecule is Cl.O=C(Oc1ccccc1)C(=C(c1cccnc1)N1C(=O)OC[C@@H]1c1ccccc1)[C@H]1CNC1=O. The molecule has 2 amide bonds. The fourth-order valence-corrected chi connectivity index (χ4v) is 4.09. The molecular weight excluding hydrogens is 470 g/mol. The van der Waals surface area contributed by atoms with Gasteiger partial charge in [0.1, 0.15) is 12.4 Å². The van der Waals surface area contributed by atoms with Crippen LogP contribution < -0.4 is 10.1 Å². The van der Waals surface area contributed by atoms with Gasteiger partial charge in [-0.05, 0) is 29.8 Å². The van der Waals surface area contributed by atoms with Crippen molar-refractivity contribution in [2.45, 2.75) is 6.04 Å². The van der Waals surface area contributed by atoms with E-state index in [-0.39, 0.29) is 42.7 Å². The molecule has 2 saturated heterocycles. The summed E-state index contributed by atoms with van der Waals surface area (Å²) in [5, 5.41) is 2.68. The number of nitrogens with one attached hydrogen (secondary N) is 1. The zero-order chi connectivity index (χ0) is 23.5. The molecule has 8 nitrogen and oxygen atoms in total. The summed E-state index contributed by atoms with van der Waals surface area (Å²) in [6.07, 6.45) is 2.53. The summed E-state index contributed by atoms with van der Waals surface area (Å²) in [4.78, 5) is 44.7. The third-order valence-electron chi connectivity index (χ3n) is 5.81. The van der Waals surface area contributed by atoms with E-state index >= 15 is 0 Å². The topological polar surface area (TPSA) is 97.8 Å². The van der Waals surface area contributed by atoms with Crippen molar-refractivity contribution in [3.8, 4) is 5.75 Å². The number of carbonyl (C=O) groups is 3. The number of aromatic nitrogens is 1. The number of amides is 2. The summed E-state index contributed by atoms with van der Waals surface area (Å²) in [5.41, 5.74) is 1.68. The van der Waals surface area contributed by atoms with Crippen LogP contribution in [-0.2, 0) is 14.3 Å². The van der Waals surface area contributed by atoms with Gasteiger partial charge < -0.3 is 14.8 Å². The van der Waals surface area contributed by atoms with E-state index in [1.807, 2.05) is 30.3 Å². The fourth-order valence-electron chi connectivity index (χ4n) is 4.09. The number of ether oxygens (including phenoxy) is 2. The zero-order valence-corrected chi connectivity index (χ0v) is 19.3. The Hall–Kier alpha value is -4.17. The third kappa shape index (κ3) is 4.74. The van der Waals surface area contributed by atoms with Crippen molar-refractivity contribution in [2.24, 2.45) is 5.92 Å². The number of halogens is 1. The van der Waals surface area contributed by atoms with Crippen LogP contribution in [0.3, 0.4) is 0 Å². The third-order valence-corrected chi connectivity index (χ3v) is 5.81. The van der Waals surface area contributed by atoms with E-state index in [0.29, 0.717) is 11.3 Å². The van der Waals surface area contributed by atoms with Crippen LogP contribution in [0.4, 0.5) is 4.79 Å². The average molecular weight is 492 g/mol. The quantitative estimate of drug-likeness (QED) is 0.244. The molecule has 2 atom stereocenters. The summed E-state index contributed by atoms with van der Waals surface area (Å²) in [6.45, 7) is 0.352. The molecular formula is C26H22ClN3O5. The molecule has 9 heteroatoms. The number of hydrogen-bond donors (Lipinski definition) is 1. The van der Waals surface area contributed by atoms with E-state index in [1.165, 1.54) is 4.90 Å². The number of esters is 1. The molecule has 0 aliphatic carbocycles. The smallest absolute Gasteiger partial charge is 0.415 e. The lowest BCUT2D eigenvalue weighted by Crippen LogP contribution is -2.52. The van der Waals surface area contributed by atoms with Crippen LogP contribution in [0.25, 0.3) is 5.70 Å². The molecule has 1 aromatic heterocycles. The van der Waals surface area contributed by atoms with Crippen LogP contribution in [0, 0.1) is 5.92 Å². The van der Waals surface area contributed by atoms with Gasteiger partial charge >= 0.3 is 12.1 Å². The Labute approximate surface area is 208 Å². The minimum atomic E-state index is -0.781. The number of para-hydroxylation sites is 1. The van der Waals surface area contributed by atoms with Crippen molar-refractivity contribution < 1.29 is 23.9 Å². The predicted molar refractivity (Wildman–Crippen MR) is 129 cm³/mol. The van der Waals surface area contributed by atoms with E-state index < -0.39 is 24.0 Å². The minimum absolute atomic E-state index is 0. The molecule has 2 aliphatic heterocycles. The van der Waals surface area contributed by atoms with E-state index in [4.69, 9.17) is 9.47 Å². The predicted octanol–water partition coefficient (Wildman–Crippen LogP) is 3.76. The molecule has 0 unspecified atom stereocenters. The number of pyridine rings is 1. The van der Waals surface area contributed by atoms with Gasteiger partial charge in [0.25, 0.3) is 0 Å². The van der Waals surface area contributed by atoms with Gasteiger partial charge in [-0.25, -0.2) is 9.59 Å². The van der Waals surface area contributed by atoms with Gasteiger partial charge in [-0.3, -0.25) is 14.7 Å². The lowest BCUT2D eigenvalue weighted by molar-refractivity contribution is -0.136. The van der Waals surface area contributed by atoms with Crippen LogP contribution in [-0.4, -0.2) is 41.0 Å². The first-order valence-electron chi connectivity index (χ1n) is 10.8. The highest BCUT2D eigenvalue weighted by molar-refractivity contribution is 6.07. The van der Waals surface area contributed by atoms with Crippen molar-refractivity contribution in [3.05, 3.63) is 102 Å². The first-order valence-corrected chi connectivity index (χ1v) is 10.8. The van der Waals surface area contributed by atoms with E-state index in [9.17, 15) is 14.4 Å². The Bertz CT molecular complexity index is 1250. The maximum atomic E-state index is 13.6. The minimum Gasteiger partial charge on any atom is -0.447 e. The second-order valence-corrected chi connectivity index (χ2v) is 7.88. The Morgan fingerprint density at radius 3 is 2.31 bits per heavy atom. The highest BCUT2D eigenvalue weighted by Gasteiger charge is 2.45. The van der Waals surface area contributed by atoms with Crippen LogP contribution in [0.1, 0.15) is 17.2 Å². The summed E-state index contributed by atoms with van der Waals surface area (Å²) in [6, 6.07) is 20.9. The van der Waals surface area contributed by atoms with Crippen LogP contribution in [0.2, 0.25) is 0 Å². The number of rotatable bonds is 6. The molecule has 0 saturated carbocycles. The fraction of sp³-hybridized carbons (Fsp3) is 0.154. The Morgan fingerprint density at radius 1 is 1.00 bits per heavy atom. The molecule has 2 aromatic carbocycles.